The van der Waals surface area contributed by atoms with E-state index in [4.69, 9.17) is 0 Å². The highest BCUT2D eigenvalue weighted by molar-refractivity contribution is 5.35. The number of hydrogen-bond acceptors (Lipinski definition) is 2. The molecule has 1 aromatic carbocycles. The third-order valence-corrected chi connectivity index (χ3v) is 3.79. The van der Waals surface area contributed by atoms with Gasteiger partial charge in [-0.25, -0.2) is 0 Å². The van der Waals surface area contributed by atoms with Gasteiger partial charge in [0, 0.05) is 12.1 Å². The van der Waals surface area contributed by atoms with Crippen molar-refractivity contribution >= 4 is 0 Å². The van der Waals surface area contributed by atoms with E-state index in [1.165, 1.54) is 24.8 Å². The highest BCUT2D eigenvalue weighted by atomic mass is 16.3. The molecule has 0 heterocycles. The van der Waals surface area contributed by atoms with Crippen molar-refractivity contribution in [1.29, 1.82) is 0 Å². The van der Waals surface area contributed by atoms with Crippen molar-refractivity contribution in [3.63, 3.8) is 0 Å². The fourth-order valence-corrected chi connectivity index (χ4v) is 2.78. The molecule has 0 aliphatic heterocycles. The van der Waals surface area contributed by atoms with Crippen LogP contribution in [0.15, 0.2) is 18.2 Å². The SMILES string of the molecule is Cc1ccc(O)c(CNCC2CCC(C)C2)c1. The molecule has 2 N–H and O–H groups in total. The second-order valence-electron chi connectivity index (χ2n) is 5.55. The molecule has 1 fully saturated rings. The molecule has 1 saturated carbocycles. The van der Waals surface area contributed by atoms with Gasteiger partial charge in [0.2, 0.25) is 0 Å². The Morgan fingerprint density at radius 1 is 1.35 bits per heavy atom. The Hall–Kier alpha value is -1.02. The molecule has 2 heteroatoms. The Morgan fingerprint density at radius 3 is 2.88 bits per heavy atom. The molecule has 0 aromatic heterocycles. The molecule has 2 atom stereocenters. The van der Waals surface area contributed by atoms with Crippen LogP contribution in [0.25, 0.3) is 0 Å². The second-order valence-corrected chi connectivity index (χ2v) is 5.55. The van der Waals surface area contributed by atoms with E-state index in [9.17, 15) is 5.11 Å². The number of nitrogens with one attached hydrogen (secondary N) is 1. The third kappa shape index (κ3) is 3.47. The molecule has 2 nitrogen and oxygen atoms in total. The van der Waals surface area contributed by atoms with Crippen LogP contribution in [-0.4, -0.2) is 11.7 Å². The topological polar surface area (TPSA) is 32.3 Å². The lowest BCUT2D eigenvalue weighted by molar-refractivity contribution is 0.448. The predicted molar refractivity (Wildman–Crippen MR) is 71.1 cm³/mol. The Kier molecular flexibility index (Phi) is 4.06. The van der Waals surface area contributed by atoms with Crippen molar-refractivity contribution in [2.45, 2.75) is 39.7 Å². The van der Waals surface area contributed by atoms with E-state index in [0.29, 0.717) is 5.75 Å². The molecular weight excluding hydrogens is 210 g/mol. The fourth-order valence-electron chi connectivity index (χ4n) is 2.78. The maximum Gasteiger partial charge on any atom is 0.120 e. The number of hydrogen-bond donors (Lipinski definition) is 2. The van der Waals surface area contributed by atoms with E-state index in [-0.39, 0.29) is 0 Å². The van der Waals surface area contributed by atoms with Gasteiger partial charge in [0.05, 0.1) is 0 Å². The van der Waals surface area contributed by atoms with Crippen molar-refractivity contribution in [2.75, 3.05) is 6.54 Å². The van der Waals surface area contributed by atoms with Crippen LogP contribution in [-0.2, 0) is 6.54 Å². The van der Waals surface area contributed by atoms with E-state index < -0.39 is 0 Å². The van der Waals surface area contributed by atoms with Crippen molar-refractivity contribution in [1.82, 2.24) is 5.32 Å². The van der Waals surface area contributed by atoms with Crippen LogP contribution in [0.5, 0.6) is 5.75 Å². The average molecular weight is 233 g/mol. The zero-order valence-electron chi connectivity index (χ0n) is 10.9. The Bertz CT molecular complexity index is 375. The van der Waals surface area contributed by atoms with Gasteiger partial charge in [0.15, 0.2) is 0 Å². The van der Waals surface area contributed by atoms with Crippen LogP contribution >= 0.6 is 0 Å². The highest BCUT2D eigenvalue weighted by Crippen LogP contribution is 2.29. The van der Waals surface area contributed by atoms with Gasteiger partial charge in [0.25, 0.3) is 0 Å². The third-order valence-electron chi connectivity index (χ3n) is 3.79. The average Bonchev–Trinajstić information content (AvgIpc) is 2.69. The summed E-state index contributed by atoms with van der Waals surface area (Å²) in [6.07, 6.45) is 4.09. The first-order chi connectivity index (χ1) is 8.15. The van der Waals surface area contributed by atoms with Crippen LogP contribution in [0.1, 0.15) is 37.3 Å². The van der Waals surface area contributed by atoms with Crippen LogP contribution in [0, 0.1) is 18.8 Å². The first kappa shape index (κ1) is 12.4. The molecule has 2 unspecified atom stereocenters. The van der Waals surface area contributed by atoms with Crippen LogP contribution in [0.2, 0.25) is 0 Å². The predicted octanol–water partition coefficient (Wildman–Crippen LogP) is 3.23. The van der Waals surface area contributed by atoms with E-state index in [2.05, 4.69) is 25.2 Å². The fraction of sp³-hybridized carbons (Fsp3) is 0.600. The first-order valence-corrected chi connectivity index (χ1v) is 6.64. The minimum atomic E-state index is 0.405. The zero-order valence-corrected chi connectivity index (χ0v) is 10.9. The van der Waals surface area contributed by atoms with Gasteiger partial charge in [-0.05, 0) is 44.2 Å². The summed E-state index contributed by atoms with van der Waals surface area (Å²) in [7, 11) is 0. The molecule has 0 saturated heterocycles. The molecular formula is C15H23NO. The summed E-state index contributed by atoms with van der Waals surface area (Å²) in [6.45, 7) is 6.25. The molecule has 17 heavy (non-hydrogen) atoms. The minimum absolute atomic E-state index is 0.405. The maximum atomic E-state index is 9.73. The molecule has 1 aliphatic carbocycles. The van der Waals surface area contributed by atoms with Gasteiger partial charge in [-0.1, -0.05) is 31.0 Å². The smallest absolute Gasteiger partial charge is 0.120 e. The van der Waals surface area contributed by atoms with Crippen molar-refractivity contribution in [2.24, 2.45) is 11.8 Å². The lowest BCUT2D eigenvalue weighted by Gasteiger charge is -2.12. The number of phenols is 1. The quantitative estimate of drug-likeness (QED) is 0.837. The molecule has 1 aromatic rings. The summed E-state index contributed by atoms with van der Waals surface area (Å²) < 4.78 is 0. The van der Waals surface area contributed by atoms with Crippen molar-refractivity contribution in [3.05, 3.63) is 29.3 Å². The summed E-state index contributed by atoms with van der Waals surface area (Å²) in [5, 5.41) is 13.2. The highest BCUT2D eigenvalue weighted by Gasteiger charge is 2.20. The van der Waals surface area contributed by atoms with E-state index >= 15 is 0 Å². The van der Waals surface area contributed by atoms with Gasteiger partial charge in [-0.3, -0.25) is 0 Å². The summed E-state index contributed by atoms with van der Waals surface area (Å²) in [4.78, 5) is 0. The van der Waals surface area contributed by atoms with Gasteiger partial charge in [-0.2, -0.15) is 0 Å². The van der Waals surface area contributed by atoms with Crippen LogP contribution in [0.3, 0.4) is 0 Å². The number of rotatable bonds is 4. The van der Waals surface area contributed by atoms with Crippen LogP contribution in [0.4, 0.5) is 0 Å². The van der Waals surface area contributed by atoms with E-state index in [1.54, 1.807) is 6.07 Å². The zero-order chi connectivity index (χ0) is 12.3. The molecule has 2 rings (SSSR count). The summed E-state index contributed by atoms with van der Waals surface area (Å²) in [6, 6.07) is 5.78. The van der Waals surface area contributed by atoms with Gasteiger partial charge >= 0.3 is 0 Å². The normalized spacial score (nSPS) is 24.1. The Morgan fingerprint density at radius 2 is 2.18 bits per heavy atom. The first-order valence-electron chi connectivity index (χ1n) is 6.64. The lowest BCUT2D eigenvalue weighted by atomic mass is 10.1. The monoisotopic (exact) mass is 233 g/mol. The van der Waals surface area contributed by atoms with Gasteiger partial charge in [-0.15, -0.1) is 0 Å². The van der Waals surface area contributed by atoms with Crippen LogP contribution < -0.4 is 5.32 Å². The van der Waals surface area contributed by atoms with Gasteiger partial charge < -0.3 is 10.4 Å². The molecule has 0 amide bonds. The van der Waals surface area contributed by atoms with E-state index in [1.807, 2.05) is 6.07 Å². The molecule has 94 valence electrons. The summed E-state index contributed by atoms with van der Waals surface area (Å²) in [5.74, 6) is 2.13. The standard InChI is InChI=1S/C15H23NO/c1-11-3-5-13(7-11)9-16-10-14-8-12(2)4-6-15(14)17/h4,6,8,11,13,16-17H,3,5,7,9-10H2,1-2H3. The summed E-state index contributed by atoms with van der Waals surface area (Å²) >= 11 is 0. The molecule has 0 bridgehead atoms. The number of aromatic hydroxyl groups is 1. The second kappa shape index (κ2) is 5.54. The van der Waals surface area contributed by atoms with Crippen molar-refractivity contribution < 1.29 is 5.11 Å². The number of benzene rings is 1. The molecule has 0 spiro atoms. The van der Waals surface area contributed by atoms with Crippen molar-refractivity contribution in [3.8, 4) is 5.75 Å². The maximum absolute atomic E-state index is 9.73. The Balaban J connectivity index is 1.80. The number of aryl methyl sites for hydroxylation is 1. The lowest BCUT2D eigenvalue weighted by Crippen LogP contribution is -2.21. The summed E-state index contributed by atoms with van der Waals surface area (Å²) in [5.41, 5.74) is 2.21. The largest absolute Gasteiger partial charge is 0.508 e. The van der Waals surface area contributed by atoms with Gasteiger partial charge in [0.1, 0.15) is 5.75 Å². The number of phenolic OH excluding ortho intramolecular Hbond substituents is 1. The minimum Gasteiger partial charge on any atom is -0.508 e. The Labute approximate surface area is 104 Å². The molecule has 1 aliphatic rings. The van der Waals surface area contributed by atoms with E-state index in [0.717, 1.165) is 30.5 Å². The molecule has 0 radical (unpaired) electrons.